The average Bonchev–Trinajstić information content (AvgIpc) is 2.73. The van der Waals surface area contributed by atoms with Crippen LogP contribution in [0.5, 0.6) is 0 Å². The molecule has 2 rings (SSSR count). The Morgan fingerprint density at radius 3 is 1.56 bits per heavy atom. The lowest BCUT2D eigenvalue weighted by molar-refractivity contribution is -0.148. The van der Waals surface area contributed by atoms with Crippen molar-refractivity contribution in [2.24, 2.45) is 11.8 Å². The third-order valence-electron chi connectivity index (χ3n) is 6.65. The zero-order chi connectivity index (χ0) is 25.3. The van der Waals surface area contributed by atoms with E-state index in [4.69, 9.17) is 10.2 Å². The largest absolute Gasteiger partial charge is 0.481 e. The van der Waals surface area contributed by atoms with E-state index >= 15 is 0 Å². The molecule has 4 amide bonds. The van der Waals surface area contributed by atoms with Crippen LogP contribution in [0.25, 0.3) is 0 Å². The van der Waals surface area contributed by atoms with Gasteiger partial charge in [-0.15, -0.1) is 0 Å². The number of aliphatic carboxylic acids is 2. The highest BCUT2D eigenvalue weighted by Crippen LogP contribution is 2.26. The van der Waals surface area contributed by atoms with E-state index < -0.39 is 54.2 Å². The first-order chi connectivity index (χ1) is 16.1. The summed E-state index contributed by atoms with van der Waals surface area (Å²) in [5, 5.41) is 49.2. The lowest BCUT2D eigenvalue weighted by atomic mass is 9.83. The van der Waals surface area contributed by atoms with Gasteiger partial charge in [0.25, 0.3) is 0 Å². The van der Waals surface area contributed by atoms with E-state index in [0.29, 0.717) is 19.3 Å². The molecule has 6 unspecified atom stereocenters. The second-order valence-corrected chi connectivity index (χ2v) is 9.33. The molecule has 0 aromatic carbocycles. The minimum Gasteiger partial charge on any atom is -0.481 e. The number of carboxylic acids is 2. The normalized spacial score (nSPS) is 30.0. The highest BCUT2D eigenvalue weighted by molar-refractivity contribution is 5.78. The van der Waals surface area contributed by atoms with Crippen molar-refractivity contribution in [3.05, 3.63) is 0 Å². The van der Waals surface area contributed by atoms with Crippen LogP contribution in [0.15, 0.2) is 0 Å². The number of unbranched alkanes of at least 4 members (excludes halogenated alkanes) is 2. The predicted molar refractivity (Wildman–Crippen MR) is 121 cm³/mol. The molecule has 8 N–H and O–H groups in total. The maximum absolute atomic E-state index is 12.5. The van der Waals surface area contributed by atoms with Crippen LogP contribution in [-0.2, 0) is 9.59 Å². The standard InChI is InChI=1S/C22H38N4O8/c1-2-3-4-5-18(25-21(33)23-12-6-8-14(19(29)30)16(27)10-12)26-22(34)24-13-7-9-15(20(31)32)17(28)11-13/h12-18,27-28H,2-11H2,1H3,(H,29,30)(H,31,32)(H2,23,25,33)(H2,24,26,34). The summed E-state index contributed by atoms with van der Waals surface area (Å²) < 4.78 is 0. The van der Waals surface area contributed by atoms with Gasteiger partial charge in [0.1, 0.15) is 6.17 Å². The molecule has 2 saturated carbocycles. The molecule has 12 heteroatoms. The quantitative estimate of drug-likeness (QED) is 0.163. The first-order valence-corrected chi connectivity index (χ1v) is 12.1. The Bertz CT molecular complexity index is 667. The van der Waals surface area contributed by atoms with Gasteiger partial charge in [-0.3, -0.25) is 9.59 Å². The van der Waals surface area contributed by atoms with Crippen molar-refractivity contribution < 1.29 is 39.6 Å². The molecule has 0 saturated heterocycles. The summed E-state index contributed by atoms with van der Waals surface area (Å²) in [7, 11) is 0. The number of hydrogen-bond acceptors (Lipinski definition) is 6. The van der Waals surface area contributed by atoms with Crippen molar-refractivity contribution >= 4 is 24.0 Å². The fourth-order valence-electron chi connectivity index (χ4n) is 4.68. The van der Waals surface area contributed by atoms with Crippen molar-refractivity contribution in [1.29, 1.82) is 0 Å². The third-order valence-corrected chi connectivity index (χ3v) is 6.65. The van der Waals surface area contributed by atoms with Crippen LogP contribution in [-0.4, -0.2) is 74.9 Å². The van der Waals surface area contributed by atoms with Crippen LogP contribution in [0, 0.1) is 11.8 Å². The molecular formula is C22H38N4O8. The molecule has 6 atom stereocenters. The lowest BCUT2D eigenvalue weighted by Crippen LogP contribution is -2.57. The summed E-state index contributed by atoms with van der Waals surface area (Å²) in [5.41, 5.74) is 0. The lowest BCUT2D eigenvalue weighted by Gasteiger charge is -2.32. The van der Waals surface area contributed by atoms with Crippen LogP contribution in [0.1, 0.15) is 71.1 Å². The Morgan fingerprint density at radius 1 is 0.765 bits per heavy atom. The van der Waals surface area contributed by atoms with E-state index in [0.717, 1.165) is 19.3 Å². The average molecular weight is 487 g/mol. The minimum atomic E-state index is -1.05. The Morgan fingerprint density at radius 2 is 1.21 bits per heavy atom. The zero-order valence-electron chi connectivity index (χ0n) is 19.5. The molecule has 2 fully saturated rings. The summed E-state index contributed by atoms with van der Waals surface area (Å²) >= 11 is 0. The molecule has 0 aromatic heterocycles. The van der Waals surface area contributed by atoms with Gasteiger partial charge in [0.05, 0.1) is 24.0 Å². The van der Waals surface area contributed by atoms with Crippen molar-refractivity contribution in [2.75, 3.05) is 0 Å². The van der Waals surface area contributed by atoms with E-state index in [1.807, 2.05) is 6.92 Å². The fourth-order valence-corrected chi connectivity index (χ4v) is 4.68. The molecule has 0 spiro atoms. The fraction of sp³-hybridized carbons (Fsp3) is 0.818. The van der Waals surface area contributed by atoms with Crippen LogP contribution in [0.3, 0.4) is 0 Å². The molecule has 0 radical (unpaired) electrons. The number of rotatable bonds is 10. The molecule has 2 aliphatic carbocycles. The van der Waals surface area contributed by atoms with E-state index in [2.05, 4.69) is 21.3 Å². The molecular weight excluding hydrogens is 448 g/mol. The first kappa shape index (κ1) is 27.6. The molecule has 34 heavy (non-hydrogen) atoms. The predicted octanol–water partition coefficient (Wildman–Crippen LogP) is 0.720. The Hall–Kier alpha value is -2.60. The number of urea groups is 2. The number of nitrogens with one attached hydrogen (secondary N) is 4. The number of carbonyl (C=O) groups is 4. The molecule has 0 bridgehead atoms. The topological polar surface area (TPSA) is 197 Å². The third kappa shape index (κ3) is 8.64. The van der Waals surface area contributed by atoms with Gasteiger partial charge in [-0.25, -0.2) is 9.59 Å². The summed E-state index contributed by atoms with van der Waals surface area (Å²) in [4.78, 5) is 47.3. The summed E-state index contributed by atoms with van der Waals surface area (Å²) in [6, 6.07) is -1.79. The monoisotopic (exact) mass is 486 g/mol. The molecule has 2 aliphatic rings. The second-order valence-electron chi connectivity index (χ2n) is 9.33. The van der Waals surface area contributed by atoms with Gasteiger partial charge >= 0.3 is 24.0 Å². The van der Waals surface area contributed by atoms with Crippen molar-refractivity contribution in [1.82, 2.24) is 21.3 Å². The molecule has 0 aliphatic heterocycles. The number of carboxylic acid groups (broad SMARTS) is 2. The van der Waals surface area contributed by atoms with E-state index in [1.54, 1.807) is 0 Å². The number of hydrogen-bond donors (Lipinski definition) is 8. The van der Waals surface area contributed by atoms with E-state index in [1.165, 1.54) is 0 Å². The Labute approximate surface area is 198 Å². The minimum absolute atomic E-state index is 0.139. The zero-order valence-corrected chi connectivity index (χ0v) is 19.5. The second kappa shape index (κ2) is 13.3. The highest BCUT2D eigenvalue weighted by Gasteiger charge is 2.35. The number of amides is 4. The maximum Gasteiger partial charge on any atom is 0.316 e. The summed E-state index contributed by atoms with van der Waals surface area (Å²) in [5.74, 6) is -3.77. The van der Waals surface area contributed by atoms with Gasteiger partial charge in [-0.05, 0) is 51.4 Å². The molecule has 0 heterocycles. The van der Waals surface area contributed by atoms with E-state index in [9.17, 15) is 29.4 Å². The molecule has 12 nitrogen and oxygen atoms in total. The molecule has 194 valence electrons. The summed E-state index contributed by atoms with van der Waals surface area (Å²) in [6.45, 7) is 2.03. The first-order valence-electron chi connectivity index (χ1n) is 12.1. The van der Waals surface area contributed by atoms with Gasteiger partial charge in [0, 0.05) is 12.1 Å². The van der Waals surface area contributed by atoms with Gasteiger partial charge < -0.3 is 41.7 Å². The number of aliphatic hydroxyl groups excluding tert-OH is 2. The summed E-state index contributed by atoms with van der Waals surface area (Å²) in [6.07, 6.45) is 2.07. The van der Waals surface area contributed by atoms with Gasteiger partial charge in [-0.1, -0.05) is 19.8 Å². The van der Waals surface area contributed by atoms with Crippen LogP contribution in [0.4, 0.5) is 9.59 Å². The molecule has 0 aromatic rings. The van der Waals surface area contributed by atoms with Crippen LogP contribution in [0.2, 0.25) is 0 Å². The van der Waals surface area contributed by atoms with Gasteiger partial charge in [0.2, 0.25) is 0 Å². The van der Waals surface area contributed by atoms with Crippen LogP contribution < -0.4 is 21.3 Å². The maximum atomic E-state index is 12.5. The van der Waals surface area contributed by atoms with Gasteiger partial charge in [0.15, 0.2) is 0 Å². The number of aliphatic hydroxyl groups is 2. The van der Waals surface area contributed by atoms with Crippen molar-refractivity contribution in [2.45, 2.75) is 102 Å². The Balaban J connectivity index is 1.84. The Kier molecular flexibility index (Phi) is 10.8. The highest BCUT2D eigenvalue weighted by atomic mass is 16.4. The SMILES string of the molecule is CCCCCC(NC(=O)NC1CCC(C(=O)O)C(O)C1)NC(=O)NC1CCC(C(=O)O)C(O)C1. The van der Waals surface area contributed by atoms with Crippen molar-refractivity contribution in [3.8, 4) is 0 Å². The van der Waals surface area contributed by atoms with E-state index in [-0.39, 0.29) is 37.8 Å². The van der Waals surface area contributed by atoms with Crippen LogP contribution >= 0.6 is 0 Å². The van der Waals surface area contributed by atoms with Crippen molar-refractivity contribution in [3.63, 3.8) is 0 Å². The smallest absolute Gasteiger partial charge is 0.316 e. The number of carbonyl (C=O) groups excluding carboxylic acids is 2. The van der Waals surface area contributed by atoms with Gasteiger partial charge in [-0.2, -0.15) is 0 Å².